The van der Waals surface area contributed by atoms with E-state index in [-0.39, 0.29) is 5.39 Å². The summed E-state index contributed by atoms with van der Waals surface area (Å²) in [6, 6.07) is 4.57. The molecule has 0 saturated carbocycles. The van der Waals surface area contributed by atoms with Crippen molar-refractivity contribution in [3.8, 4) is 5.75 Å². The predicted octanol–water partition coefficient (Wildman–Crippen LogP) is 2.96. The molecule has 0 aliphatic carbocycles. The molecule has 0 unspecified atom stereocenters. The highest BCUT2D eigenvalue weighted by molar-refractivity contribution is 5.85. The number of halogens is 3. The third-order valence-corrected chi connectivity index (χ3v) is 1.99. The third kappa shape index (κ3) is 1.11. The van der Waals surface area contributed by atoms with Gasteiger partial charge in [0.2, 0.25) is 0 Å². The lowest BCUT2D eigenvalue weighted by Gasteiger charge is -2.03. The number of phenols is 1. The summed E-state index contributed by atoms with van der Waals surface area (Å²) in [5.74, 6) is -4.25. The summed E-state index contributed by atoms with van der Waals surface area (Å²) in [7, 11) is 0. The average Bonchev–Trinajstić information content (AvgIpc) is 2.17. The zero-order chi connectivity index (χ0) is 10.3. The molecule has 4 heteroatoms. The van der Waals surface area contributed by atoms with Crippen molar-refractivity contribution < 1.29 is 18.3 Å². The van der Waals surface area contributed by atoms with Crippen molar-refractivity contribution in [1.82, 2.24) is 0 Å². The van der Waals surface area contributed by atoms with Crippen LogP contribution in [0, 0.1) is 17.5 Å². The summed E-state index contributed by atoms with van der Waals surface area (Å²) in [6.07, 6.45) is 0. The second-order valence-electron chi connectivity index (χ2n) is 2.86. The van der Waals surface area contributed by atoms with Crippen molar-refractivity contribution in [3.63, 3.8) is 0 Å². The van der Waals surface area contributed by atoms with Gasteiger partial charge in [-0.25, -0.2) is 13.2 Å². The Morgan fingerprint density at radius 3 is 2.21 bits per heavy atom. The molecule has 14 heavy (non-hydrogen) atoms. The summed E-state index contributed by atoms with van der Waals surface area (Å²) < 4.78 is 39.0. The van der Waals surface area contributed by atoms with E-state index < -0.39 is 28.6 Å². The molecule has 0 radical (unpaired) electrons. The lowest BCUT2D eigenvalue weighted by molar-refractivity contribution is 0.433. The minimum absolute atomic E-state index is 0.208. The Kier molecular flexibility index (Phi) is 1.84. The largest absolute Gasteiger partial charge is 0.505 e. The van der Waals surface area contributed by atoms with E-state index in [2.05, 4.69) is 0 Å². The van der Waals surface area contributed by atoms with Gasteiger partial charge in [-0.05, 0) is 17.5 Å². The number of benzene rings is 2. The fraction of sp³-hybridized carbons (Fsp3) is 0. The number of hydrogen-bond acceptors (Lipinski definition) is 1. The number of fused-ring (bicyclic) bond motifs is 1. The molecule has 72 valence electrons. The van der Waals surface area contributed by atoms with Gasteiger partial charge >= 0.3 is 0 Å². The van der Waals surface area contributed by atoms with Crippen molar-refractivity contribution in [2.75, 3.05) is 0 Å². The van der Waals surface area contributed by atoms with Crippen LogP contribution in [0.5, 0.6) is 5.75 Å². The summed E-state index contributed by atoms with van der Waals surface area (Å²) in [6.45, 7) is 0. The van der Waals surface area contributed by atoms with Crippen LogP contribution in [0.1, 0.15) is 0 Å². The van der Waals surface area contributed by atoms with Gasteiger partial charge < -0.3 is 5.11 Å². The van der Waals surface area contributed by atoms with Gasteiger partial charge in [-0.3, -0.25) is 0 Å². The molecule has 0 fully saturated rings. The quantitative estimate of drug-likeness (QED) is 0.689. The second kappa shape index (κ2) is 2.90. The summed E-state index contributed by atoms with van der Waals surface area (Å²) in [5, 5.41) is 8.65. The van der Waals surface area contributed by atoms with Crippen LogP contribution in [-0.4, -0.2) is 5.11 Å². The summed E-state index contributed by atoms with van der Waals surface area (Å²) in [5.41, 5.74) is 0. The van der Waals surface area contributed by atoms with Gasteiger partial charge in [-0.15, -0.1) is 0 Å². The van der Waals surface area contributed by atoms with Crippen LogP contribution in [0.3, 0.4) is 0 Å². The molecule has 0 saturated heterocycles. The van der Waals surface area contributed by atoms with Crippen LogP contribution in [-0.2, 0) is 0 Å². The Balaban J connectivity index is 2.98. The molecule has 0 spiro atoms. The lowest BCUT2D eigenvalue weighted by Crippen LogP contribution is -1.89. The maximum absolute atomic E-state index is 13.2. The van der Waals surface area contributed by atoms with Crippen LogP contribution in [0.2, 0.25) is 0 Å². The second-order valence-corrected chi connectivity index (χ2v) is 2.86. The predicted molar refractivity (Wildman–Crippen MR) is 45.5 cm³/mol. The molecule has 2 aromatic rings. The van der Waals surface area contributed by atoms with Crippen molar-refractivity contribution in [1.29, 1.82) is 0 Å². The molecule has 1 N–H and O–H groups in total. The standard InChI is InChI=1S/C10H5F3O/c11-6-3-1-5-2-4-7(14)10(13)8(5)9(6)12/h1-4,14H. The van der Waals surface area contributed by atoms with Crippen molar-refractivity contribution in [2.45, 2.75) is 0 Å². The summed E-state index contributed by atoms with van der Waals surface area (Å²) >= 11 is 0. The van der Waals surface area contributed by atoms with Crippen LogP contribution >= 0.6 is 0 Å². The first-order valence-electron chi connectivity index (χ1n) is 3.86. The molecule has 1 nitrogen and oxygen atoms in total. The van der Waals surface area contributed by atoms with E-state index in [9.17, 15) is 13.2 Å². The van der Waals surface area contributed by atoms with Crippen molar-refractivity contribution >= 4 is 10.8 Å². The Morgan fingerprint density at radius 1 is 0.857 bits per heavy atom. The van der Waals surface area contributed by atoms with Gasteiger partial charge in [0.1, 0.15) is 0 Å². The maximum atomic E-state index is 13.2. The van der Waals surface area contributed by atoms with Gasteiger partial charge in [0.15, 0.2) is 23.2 Å². The highest BCUT2D eigenvalue weighted by Crippen LogP contribution is 2.28. The molecule has 0 bridgehead atoms. The molecular weight excluding hydrogens is 193 g/mol. The molecule has 0 aliphatic heterocycles. The fourth-order valence-corrected chi connectivity index (χ4v) is 1.30. The molecule has 0 heterocycles. The van der Waals surface area contributed by atoms with E-state index in [1.54, 1.807) is 0 Å². The van der Waals surface area contributed by atoms with E-state index in [0.29, 0.717) is 0 Å². The first-order valence-corrected chi connectivity index (χ1v) is 3.86. The van der Waals surface area contributed by atoms with Gasteiger partial charge in [-0.1, -0.05) is 12.1 Å². The number of phenolic OH excluding ortho intramolecular Hbond substituents is 1. The Hall–Kier alpha value is -1.71. The van der Waals surface area contributed by atoms with Crippen LogP contribution < -0.4 is 0 Å². The highest BCUT2D eigenvalue weighted by atomic mass is 19.2. The Morgan fingerprint density at radius 2 is 1.50 bits per heavy atom. The third-order valence-electron chi connectivity index (χ3n) is 1.99. The Bertz CT molecular complexity index is 465. The van der Waals surface area contributed by atoms with Crippen LogP contribution in [0.4, 0.5) is 13.2 Å². The van der Waals surface area contributed by atoms with E-state index >= 15 is 0 Å². The minimum atomic E-state index is -1.28. The average molecular weight is 198 g/mol. The van der Waals surface area contributed by atoms with E-state index in [0.717, 1.165) is 12.1 Å². The monoisotopic (exact) mass is 198 g/mol. The molecule has 2 rings (SSSR count). The lowest BCUT2D eigenvalue weighted by atomic mass is 10.1. The topological polar surface area (TPSA) is 20.2 Å². The number of hydrogen-bond donors (Lipinski definition) is 1. The molecule has 0 aliphatic rings. The molecule has 2 aromatic carbocycles. The zero-order valence-corrected chi connectivity index (χ0v) is 6.89. The van der Waals surface area contributed by atoms with Crippen LogP contribution in [0.25, 0.3) is 10.8 Å². The van der Waals surface area contributed by atoms with E-state index in [1.807, 2.05) is 0 Å². The van der Waals surface area contributed by atoms with Gasteiger partial charge in [-0.2, -0.15) is 0 Å². The fourth-order valence-electron chi connectivity index (χ4n) is 1.30. The normalized spacial score (nSPS) is 10.8. The molecule has 0 atom stereocenters. The molecular formula is C10H5F3O. The zero-order valence-electron chi connectivity index (χ0n) is 6.89. The van der Waals surface area contributed by atoms with Crippen LogP contribution in [0.15, 0.2) is 24.3 Å². The minimum Gasteiger partial charge on any atom is -0.505 e. The first-order chi connectivity index (χ1) is 6.61. The first kappa shape index (κ1) is 8.87. The smallest absolute Gasteiger partial charge is 0.175 e. The molecule has 0 aromatic heterocycles. The maximum Gasteiger partial charge on any atom is 0.175 e. The number of aromatic hydroxyl groups is 1. The van der Waals surface area contributed by atoms with Gasteiger partial charge in [0, 0.05) is 0 Å². The highest BCUT2D eigenvalue weighted by Gasteiger charge is 2.13. The molecule has 0 amide bonds. The van der Waals surface area contributed by atoms with Gasteiger partial charge in [0.25, 0.3) is 0 Å². The van der Waals surface area contributed by atoms with E-state index in [1.165, 1.54) is 12.1 Å². The van der Waals surface area contributed by atoms with Crippen molar-refractivity contribution in [3.05, 3.63) is 41.7 Å². The van der Waals surface area contributed by atoms with E-state index in [4.69, 9.17) is 5.11 Å². The Labute approximate surface area is 77.4 Å². The number of rotatable bonds is 0. The van der Waals surface area contributed by atoms with Crippen molar-refractivity contribution in [2.24, 2.45) is 0 Å². The SMILES string of the molecule is Oc1ccc2ccc(F)c(F)c2c1F. The van der Waals surface area contributed by atoms with Gasteiger partial charge in [0.05, 0.1) is 5.39 Å². The summed E-state index contributed by atoms with van der Waals surface area (Å²) in [4.78, 5) is 0.